The van der Waals surface area contributed by atoms with Crippen LogP contribution in [0.25, 0.3) is 0 Å². The minimum absolute atomic E-state index is 0.0625. The van der Waals surface area contributed by atoms with E-state index in [0.29, 0.717) is 23.4 Å². The summed E-state index contributed by atoms with van der Waals surface area (Å²) in [5.41, 5.74) is 3.05. The van der Waals surface area contributed by atoms with Gasteiger partial charge in [0.2, 0.25) is 0 Å². The number of para-hydroxylation sites is 1. The minimum atomic E-state index is -0.646. The summed E-state index contributed by atoms with van der Waals surface area (Å²) in [7, 11) is 0. The van der Waals surface area contributed by atoms with Crippen LogP contribution in [-0.2, 0) is 4.79 Å². The number of hydrogen-bond donors (Lipinski definition) is 2. The molecule has 0 spiro atoms. The molecule has 5 heteroatoms. The van der Waals surface area contributed by atoms with Gasteiger partial charge in [0.25, 0.3) is 11.8 Å². The van der Waals surface area contributed by atoms with Crippen molar-refractivity contribution in [1.29, 1.82) is 0 Å². The zero-order valence-corrected chi connectivity index (χ0v) is 17.3. The molecule has 0 aromatic heterocycles. The summed E-state index contributed by atoms with van der Waals surface area (Å²) in [6.45, 7) is 9.83. The number of amides is 2. The fourth-order valence-corrected chi connectivity index (χ4v) is 2.81. The first-order chi connectivity index (χ1) is 13.3. The van der Waals surface area contributed by atoms with Crippen LogP contribution in [0, 0.1) is 13.8 Å². The van der Waals surface area contributed by atoms with Crippen LogP contribution >= 0.6 is 0 Å². The third-order valence-electron chi connectivity index (χ3n) is 4.68. The first kappa shape index (κ1) is 21.5. The monoisotopic (exact) mass is 382 g/mol. The van der Waals surface area contributed by atoms with E-state index < -0.39 is 6.10 Å². The lowest BCUT2D eigenvalue weighted by atomic mass is 10.1. The van der Waals surface area contributed by atoms with Gasteiger partial charge in [-0.1, -0.05) is 43.7 Å². The highest BCUT2D eigenvalue weighted by atomic mass is 16.5. The number of rotatable bonds is 8. The Morgan fingerprint density at radius 1 is 1.04 bits per heavy atom. The van der Waals surface area contributed by atoms with Crippen LogP contribution in [0.2, 0.25) is 0 Å². The number of ether oxygens (including phenoxy) is 1. The zero-order chi connectivity index (χ0) is 20.7. The van der Waals surface area contributed by atoms with Gasteiger partial charge in [-0.15, -0.1) is 0 Å². The van der Waals surface area contributed by atoms with Crippen LogP contribution in [0.3, 0.4) is 0 Å². The lowest BCUT2D eigenvalue weighted by Crippen LogP contribution is -2.35. The standard InChI is InChI=1S/C23H30N2O3/c1-6-17(5)24-22(26)18-10-8-9-11-19(18)25-23(27)20(7-2)28-21-13-12-15(3)14-16(21)4/h8-14,17,20H,6-7H2,1-5H3,(H,24,26)(H,25,27)/t17-,20+/m1/s1. The minimum Gasteiger partial charge on any atom is -0.480 e. The van der Waals surface area contributed by atoms with E-state index in [0.717, 1.165) is 17.5 Å². The number of anilines is 1. The van der Waals surface area contributed by atoms with Gasteiger partial charge < -0.3 is 15.4 Å². The van der Waals surface area contributed by atoms with Crippen molar-refractivity contribution in [3.05, 3.63) is 59.2 Å². The molecule has 150 valence electrons. The summed E-state index contributed by atoms with van der Waals surface area (Å²) in [5, 5.41) is 5.79. The molecular weight excluding hydrogens is 352 g/mol. The van der Waals surface area contributed by atoms with Gasteiger partial charge in [0, 0.05) is 6.04 Å². The SMILES string of the molecule is CC[C@@H](C)NC(=O)c1ccccc1NC(=O)[C@H](CC)Oc1ccc(C)cc1C. The predicted molar refractivity (Wildman–Crippen MR) is 113 cm³/mol. The van der Waals surface area contributed by atoms with Crippen LogP contribution in [0.4, 0.5) is 5.69 Å². The quantitative estimate of drug-likeness (QED) is 0.699. The molecule has 28 heavy (non-hydrogen) atoms. The topological polar surface area (TPSA) is 67.4 Å². The number of benzene rings is 2. The summed E-state index contributed by atoms with van der Waals surface area (Å²) in [6, 6.07) is 12.9. The van der Waals surface area contributed by atoms with Crippen molar-refractivity contribution in [2.45, 2.75) is 59.6 Å². The highest BCUT2D eigenvalue weighted by molar-refractivity contribution is 6.04. The van der Waals surface area contributed by atoms with Crippen LogP contribution in [-0.4, -0.2) is 24.0 Å². The van der Waals surface area contributed by atoms with Gasteiger partial charge in [0.05, 0.1) is 11.3 Å². The highest BCUT2D eigenvalue weighted by Gasteiger charge is 2.22. The number of carbonyl (C=O) groups is 2. The molecule has 0 aliphatic heterocycles. The summed E-state index contributed by atoms with van der Waals surface area (Å²) in [5.74, 6) is 0.218. The number of carbonyl (C=O) groups excluding carboxylic acids is 2. The molecule has 2 aromatic carbocycles. The molecule has 0 aliphatic carbocycles. The molecule has 0 bridgehead atoms. The number of aryl methyl sites for hydroxylation is 2. The molecule has 2 rings (SSSR count). The molecule has 5 nitrogen and oxygen atoms in total. The van der Waals surface area contributed by atoms with Crippen molar-refractivity contribution in [3.8, 4) is 5.75 Å². The van der Waals surface area contributed by atoms with E-state index in [1.165, 1.54) is 0 Å². The Labute approximate surface area is 167 Å². The maximum absolute atomic E-state index is 12.8. The fraction of sp³-hybridized carbons (Fsp3) is 0.391. The Hall–Kier alpha value is -2.82. The van der Waals surface area contributed by atoms with E-state index in [4.69, 9.17) is 4.74 Å². The van der Waals surface area contributed by atoms with Crippen LogP contribution < -0.4 is 15.4 Å². The Morgan fingerprint density at radius 3 is 2.39 bits per heavy atom. The van der Waals surface area contributed by atoms with Crippen molar-refractivity contribution in [1.82, 2.24) is 5.32 Å². The molecule has 0 radical (unpaired) electrons. The summed E-state index contributed by atoms with van der Waals surface area (Å²) >= 11 is 0. The number of hydrogen-bond acceptors (Lipinski definition) is 3. The Morgan fingerprint density at radius 2 is 1.75 bits per heavy atom. The molecule has 2 amide bonds. The van der Waals surface area contributed by atoms with E-state index in [-0.39, 0.29) is 17.9 Å². The molecule has 0 aliphatic rings. The first-order valence-electron chi connectivity index (χ1n) is 9.80. The fourth-order valence-electron chi connectivity index (χ4n) is 2.81. The van der Waals surface area contributed by atoms with Gasteiger partial charge in [-0.3, -0.25) is 9.59 Å². The molecule has 2 aromatic rings. The molecule has 0 saturated carbocycles. The lowest BCUT2D eigenvalue weighted by molar-refractivity contribution is -0.122. The van der Waals surface area contributed by atoms with Crippen molar-refractivity contribution in [2.75, 3.05) is 5.32 Å². The molecule has 2 atom stereocenters. The third-order valence-corrected chi connectivity index (χ3v) is 4.68. The van der Waals surface area contributed by atoms with Gasteiger partial charge in [0.1, 0.15) is 5.75 Å². The maximum atomic E-state index is 12.8. The average molecular weight is 383 g/mol. The second-order valence-electron chi connectivity index (χ2n) is 7.10. The highest BCUT2D eigenvalue weighted by Crippen LogP contribution is 2.22. The van der Waals surface area contributed by atoms with Gasteiger partial charge in [0.15, 0.2) is 6.10 Å². The molecule has 0 unspecified atom stereocenters. The van der Waals surface area contributed by atoms with Crippen molar-refractivity contribution < 1.29 is 14.3 Å². The Kier molecular flexibility index (Phi) is 7.61. The van der Waals surface area contributed by atoms with Gasteiger partial charge in [-0.05, 0) is 57.4 Å². The van der Waals surface area contributed by atoms with Crippen LogP contribution in [0.15, 0.2) is 42.5 Å². The molecule has 0 heterocycles. The lowest BCUT2D eigenvalue weighted by Gasteiger charge is -2.20. The maximum Gasteiger partial charge on any atom is 0.265 e. The zero-order valence-electron chi connectivity index (χ0n) is 17.3. The van der Waals surface area contributed by atoms with E-state index >= 15 is 0 Å². The normalized spacial score (nSPS) is 12.8. The van der Waals surface area contributed by atoms with Crippen molar-refractivity contribution in [2.24, 2.45) is 0 Å². The van der Waals surface area contributed by atoms with Crippen molar-refractivity contribution in [3.63, 3.8) is 0 Å². The van der Waals surface area contributed by atoms with E-state index in [9.17, 15) is 9.59 Å². The Bertz CT molecular complexity index is 832. The molecule has 0 fully saturated rings. The molecular formula is C23H30N2O3. The van der Waals surface area contributed by atoms with Gasteiger partial charge >= 0.3 is 0 Å². The van der Waals surface area contributed by atoms with E-state index in [1.54, 1.807) is 24.3 Å². The molecule has 0 saturated heterocycles. The molecule has 2 N–H and O–H groups in total. The second-order valence-corrected chi connectivity index (χ2v) is 7.10. The predicted octanol–water partition coefficient (Wildman–Crippen LogP) is 4.63. The average Bonchev–Trinajstić information content (AvgIpc) is 2.67. The van der Waals surface area contributed by atoms with Crippen molar-refractivity contribution >= 4 is 17.5 Å². The third kappa shape index (κ3) is 5.59. The summed E-state index contributed by atoms with van der Waals surface area (Å²) in [6.07, 6.45) is 0.703. The summed E-state index contributed by atoms with van der Waals surface area (Å²) in [4.78, 5) is 25.3. The summed E-state index contributed by atoms with van der Waals surface area (Å²) < 4.78 is 5.95. The van der Waals surface area contributed by atoms with Gasteiger partial charge in [-0.25, -0.2) is 0 Å². The van der Waals surface area contributed by atoms with E-state index in [2.05, 4.69) is 10.6 Å². The van der Waals surface area contributed by atoms with Gasteiger partial charge in [-0.2, -0.15) is 0 Å². The number of nitrogens with one attached hydrogen (secondary N) is 2. The van der Waals surface area contributed by atoms with Crippen LogP contribution in [0.1, 0.15) is 55.1 Å². The van der Waals surface area contributed by atoms with Crippen LogP contribution in [0.5, 0.6) is 5.75 Å². The largest absolute Gasteiger partial charge is 0.480 e. The first-order valence-corrected chi connectivity index (χ1v) is 9.80. The second kappa shape index (κ2) is 9.93. The Balaban J connectivity index is 2.15. The smallest absolute Gasteiger partial charge is 0.265 e. The van der Waals surface area contributed by atoms with E-state index in [1.807, 2.05) is 52.8 Å².